The predicted octanol–water partition coefficient (Wildman–Crippen LogP) is 3.77. The Labute approximate surface area is 114 Å². The van der Waals surface area contributed by atoms with Crippen LogP contribution in [0.1, 0.15) is 37.7 Å². The minimum Gasteiger partial charge on any atom is -0.493 e. The molecule has 0 aromatic heterocycles. The van der Waals surface area contributed by atoms with Gasteiger partial charge in [-0.25, -0.2) is 0 Å². The number of benzene rings is 1. The maximum Gasteiger partial charge on any atom is 0.125 e. The molecule has 1 N–H and O–H groups in total. The summed E-state index contributed by atoms with van der Waals surface area (Å²) in [5.41, 5.74) is 1.11. The van der Waals surface area contributed by atoms with E-state index in [-0.39, 0.29) is 0 Å². The van der Waals surface area contributed by atoms with Gasteiger partial charge in [-0.15, -0.1) is 0 Å². The van der Waals surface area contributed by atoms with E-state index in [2.05, 4.69) is 5.32 Å². The molecule has 0 aliphatic heterocycles. The molecule has 2 fully saturated rings. The van der Waals surface area contributed by atoms with Crippen LogP contribution in [-0.2, 0) is 6.54 Å². The van der Waals surface area contributed by atoms with E-state index in [4.69, 9.17) is 16.3 Å². The van der Waals surface area contributed by atoms with Crippen molar-refractivity contribution in [3.8, 4) is 5.75 Å². The molecule has 0 spiro atoms. The van der Waals surface area contributed by atoms with Gasteiger partial charge >= 0.3 is 0 Å². The quantitative estimate of drug-likeness (QED) is 0.810. The van der Waals surface area contributed by atoms with Crippen LogP contribution in [0, 0.1) is 5.92 Å². The standard InChI is InChI=1S/C15H20ClNO/c16-14-2-1-3-15(18-9-8-11-4-5-11)13(14)10-17-12-6-7-12/h1-3,11-12,17H,4-10H2. The summed E-state index contributed by atoms with van der Waals surface area (Å²) < 4.78 is 5.90. The fourth-order valence-electron chi connectivity index (χ4n) is 2.12. The van der Waals surface area contributed by atoms with Gasteiger partial charge < -0.3 is 10.1 Å². The molecule has 3 rings (SSSR count). The zero-order valence-electron chi connectivity index (χ0n) is 10.6. The van der Waals surface area contributed by atoms with Crippen molar-refractivity contribution in [1.82, 2.24) is 5.32 Å². The number of halogens is 1. The molecule has 2 saturated carbocycles. The van der Waals surface area contributed by atoms with Gasteiger partial charge in [0.1, 0.15) is 5.75 Å². The van der Waals surface area contributed by atoms with Crippen LogP contribution in [0.25, 0.3) is 0 Å². The van der Waals surface area contributed by atoms with Gasteiger partial charge in [0, 0.05) is 23.2 Å². The van der Waals surface area contributed by atoms with E-state index in [1.165, 1.54) is 32.1 Å². The third-order valence-electron chi connectivity index (χ3n) is 3.70. The Morgan fingerprint density at radius 3 is 2.78 bits per heavy atom. The lowest BCUT2D eigenvalue weighted by molar-refractivity contribution is 0.299. The average molecular weight is 266 g/mol. The summed E-state index contributed by atoms with van der Waals surface area (Å²) in [7, 11) is 0. The van der Waals surface area contributed by atoms with Crippen LogP contribution in [0.2, 0.25) is 5.02 Å². The van der Waals surface area contributed by atoms with E-state index in [0.29, 0.717) is 6.04 Å². The highest BCUT2D eigenvalue weighted by Crippen LogP contribution is 2.33. The molecule has 0 bridgehead atoms. The minimum absolute atomic E-state index is 0.695. The molecule has 0 saturated heterocycles. The number of rotatable bonds is 7. The van der Waals surface area contributed by atoms with Crippen molar-refractivity contribution in [1.29, 1.82) is 0 Å². The highest BCUT2D eigenvalue weighted by molar-refractivity contribution is 6.31. The topological polar surface area (TPSA) is 21.3 Å². The van der Waals surface area contributed by atoms with Gasteiger partial charge in [0.2, 0.25) is 0 Å². The van der Waals surface area contributed by atoms with E-state index in [1.807, 2.05) is 18.2 Å². The fourth-order valence-corrected chi connectivity index (χ4v) is 2.35. The van der Waals surface area contributed by atoms with Crippen LogP contribution < -0.4 is 10.1 Å². The minimum atomic E-state index is 0.695. The molecule has 0 unspecified atom stereocenters. The van der Waals surface area contributed by atoms with Crippen molar-refractivity contribution in [3.05, 3.63) is 28.8 Å². The molecule has 3 heteroatoms. The average Bonchev–Trinajstić information content (AvgIpc) is 3.23. The summed E-state index contributed by atoms with van der Waals surface area (Å²) in [5, 5.41) is 4.31. The van der Waals surface area contributed by atoms with Crippen molar-refractivity contribution < 1.29 is 4.74 Å². The van der Waals surface area contributed by atoms with Gasteiger partial charge in [-0.2, -0.15) is 0 Å². The van der Waals surface area contributed by atoms with Gasteiger partial charge in [-0.3, -0.25) is 0 Å². The van der Waals surface area contributed by atoms with Crippen LogP contribution in [0.5, 0.6) is 5.75 Å². The maximum atomic E-state index is 6.27. The Morgan fingerprint density at radius 2 is 2.06 bits per heavy atom. The number of hydrogen-bond donors (Lipinski definition) is 1. The summed E-state index contributed by atoms with van der Waals surface area (Å²) in [6, 6.07) is 6.64. The zero-order valence-corrected chi connectivity index (χ0v) is 11.4. The van der Waals surface area contributed by atoms with Crippen molar-refractivity contribution >= 4 is 11.6 Å². The van der Waals surface area contributed by atoms with Gasteiger partial charge in [0.15, 0.2) is 0 Å². The predicted molar refractivity (Wildman–Crippen MR) is 74.1 cm³/mol. The molecule has 2 aliphatic rings. The van der Waals surface area contributed by atoms with Gasteiger partial charge in [0.05, 0.1) is 6.61 Å². The fraction of sp³-hybridized carbons (Fsp3) is 0.600. The molecule has 0 amide bonds. The van der Waals surface area contributed by atoms with E-state index in [0.717, 1.165) is 35.4 Å². The monoisotopic (exact) mass is 265 g/mol. The highest BCUT2D eigenvalue weighted by Gasteiger charge is 2.22. The lowest BCUT2D eigenvalue weighted by Gasteiger charge is -2.13. The first-order valence-electron chi connectivity index (χ1n) is 6.96. The van der Waals surface area contributed by atoms with Crippen LogP contribution in [0.3, 0.4) is 0 Å². The van der Waals surface area contributed by atoms with Crippen molar-refractivity contribution in [2.24, 2.45) is 5.92 Å². The largest absolute Gasteiger partial charge is 0.493 e. The van der Waals surface area contributed by atoms with Crippen LogP contribution in [-0.4, -0.2) is 12.6 Å². The van der Waals surface area contributed by atoms with Crippen molar-refractivity contribution in [2.75, 3.05) is 6.61 Å². The third kappa shape index (κ3) is 3.39. The van der Waals surface area contributed by atoms with E-state index in [9.17, 15) is 0 Å². The lowest BCUT2D eigenvalue weighted by Crippen LogP contribution is -2.16. The molecule has 98 valence electrons. The lowest BCUT2D eigenvalue weighted by atomic mass is 10.2. The van der Waals surface area contributed by atoms with E-state index < -0.39 is 0 Å². The van der Waals surface area contributed by atoms with Crippen molar-refractivity contribution in [3.63, 3.8) is 0 Å². The van der Waals surface area contributed by atoms with E-state index >= 15 is 0 Å². The van der Waals surface area contributed by atoms with Gasteiger partial charge in [0.25, 0.3) is 0 Å². The number of ether oxygens (including phenoxy) is 1. The normalized spacial score (nSPS) is 18.9. The molecule has 0 heterocycles. The SMILES string of the molecule is Clc1cccc(OCCC2CC2)c1CNC1CC1. The Bertz CT molecular complexity index is 413. The van der Waals surface area contributed by atoms with Crippen LogP contribution in [0.4, 0.5) is 0 Å². The molecule has 0 radical (unpaired) electrons. The summed E-state index contributed by atoms with van der Waals surface area (Å²) in [6.07, 6.45) is 6.54. The summed E-state index contributed by atoms with van der Waals surface area (Å²) in [5.74, 6) is 1.87. The molecular formula is C15H20ClNO. The summed E-state index contributed by atoms with van der Waals surface area (Å²) >= 11 is 6.27. The molecule has 2 nitrogen and oxygen atoms in total. The Balaban J connectivity index is 1.59. The van der Waals surface area contributed by atoms with Gasteiger partial charge in [-0.1, -0.05) is 30.5 Å². The van der Waals surface area contributed by atoms with Gasteiger partial charge in [-0.05, 0) is 37.3 Å². The molecular weight excluding hydrogens is 246 g/mol. The summed E-state index contributed by atoms with van der Waals surface area (Å²) in [4.78, 5) is 0. The van der Waals surface area contributed by atoms with Crippen LogP contribution in [0.15, 0.2) is 18.2 Å². The zero-order chi connectivity index (χ0) is 12.4. The first-order valence-corrected chi connectivity index (χ1v) is 7.34. The molecule has 18 heavy (non-hydrogen) atoms. The first kappa shape index (κ1) is 12.3. The number of nitrogens with one attached hydrogen (secondary N) is 1. The molecule has 1 aromatic carbocycles. The Hall–Kier alpha value is -0.730. The summed E-state index contributed by atoms with van der Waals surface area (Å²) in [6.45, 7) is 1.64. The second kappa shape index (κ2) is 5.50. The van der Waals surface area contributed by atoms with Crippen LogP contribution >= 0.6 is 11.6 Å². The van der Waals surface area contributed by atoms with E-state index in [1.54, 1.807) is 0 Å². The second-order valence-electron chi connectivity index (χ2n) is 5.45. The molecule has 2 aliphatic carbocycles. The Morgan fingerprint density at radius 1 is 1.22 bits per heavy atom. The second-order valence-corrected chi connectivity index (χ2v) is 5.86. The molecule has 0 atom stereocenters. The number of hydrogen-bond acceptors (Lipinski definition) is 2. The Kier molecular flexibility index (Phi) is 3.76. The smallest absolute Gasteiger partial charge is 0.125 e. The molecule has 1 aromatic rings. The van der Waals surface area contributed by atoms with Crippen molar-refractivity contribution in [2.45, 2.75) is 44.7 Å². The first-order chi connectivity index (χ1) is 8.83. The maximum absolute atomic E-state index is 6.27. The third-order valence-corrected chi connectivity index (χ3v) is 4.06. The highest BCUT2D eigenvalue weighted by atomic mass is 35.5.